The third-order valence-electron chi connectivity index (χ3n) is 6.01. The molecule has 176 valence electrons. The Morgan fingerprint density at radius 1 is 0.861 bits per heavy atom. The molecule has 0 spiro atoms. The first-order valence-corrected chi connectivity index (χ1v) is 11.7. The third kappa shape index (κ3) is 3.96. The van der Waals surface area contributed by atoms with E-state index in [-0.39, 0.29) is 5.91 Å². The van der Waals surface area contributed by atoms with Crippen LogP contribution in [-0.4, -0.2) is 41.0 Å². The minimum absolute atomic E-state index is 0.0263. The summed E-state index contributed by atoms with van der Waals surface area (Å²) in [6, 6.07) is 11.8. The lowest BCUT2D eigenvalue weighted by Gasteiger charge is -2.07. The van der Waals surface area contributed by atoms with Gasteiger partial charge >= 0.3 is 0 Å². The zero-order valence-corrected chi connectivity index (χ0v) is 19.5. The van der Waals surface area contributed by atoms with Gasteiger partial charge in [0.1, 0.15) is 5.69 Å². The number of nitrogens with one attached hydrogen (secondary N) is 3. The topological polar surface area (TPSA) is 125 Å². The first-order valence-electron chi connectivity index (χ1n) is 11.7. The fourth-order valence-electron chi connectivity index (χ4n) is 4.30. The molecule has 6 rings (SSSR count). The Kier molecular flexibility index (Phi) is 5.42. The van der Waals surface area contributed by atoms with Gasteiger partial charge in [-0.15, -0.1) is 0 Å². The van der Waals surface area contributed by atoms with Crippen LogP contribution in [0.1, 0.15) is 19.8 Å². The molecule has 0 saturated heterocycles. The molecule has 1 amide bonds. The van der Waals surface area contributed by atoms with Gasteiger partial charge in [-0.25, -0.2) is 4.98 Å². The number of hydrogen-bond acceptors (Lipinski definition) is 6. The van der Waals surface area contributed by atoms with Gasteiger partial charge < -0.3 is 10.3 Å². The van der Waals surface area contributed by atoms with Gasteiger partial charge in [-0.2, -0.15) is 5.10 Å². The highest BCUT2D eigenvalue weighted by atomic mass is 16.1. The smallest absolute Gasteiger partial charge is 0.224 e. The van der Waals surface area contributed by atoms with Crippen molar-refractivity contribution in [3.05, 3.63) is 73.6 Å². The van der Waals surface area contributed by atoms with Crippen LogP contribution in [0, 0.1) is 0 Å². The summed E-state index contributed by atoms with van der Waals surface area (Å²) in [6.45, 7) is 1.97. The number of carbonyl (C=O) groups excluding carboxylic acids is 1. The van der Waals surface area contributed by atoms with Gasteiger partial charge in [0.05, 0.1) is 23.3 Å². The van der Waals surface area contributed by atoms with E-state index in [0.29, 0.717) is 17.8 Å². The fourth-order valence-corrected chi connectivity index (χ4v) is 4.30. The molecule has 0 saturated carbocycles. The Labute approximate surface area is 206 Å². The van der Waals surface area contributed by atoms with Crippen LogP contribution < -0.4 is 5.32 Å². The lowest BCUT2D eigenvalue weighted by molar-refractivity contribution is -0.116. The van der Waals surface area contributed by atoms with Crippen molar-refractivity contribution in [3.8, 4) is 33.8 Å². The molecule has 9 heteroatoms. The average molecular weight is 475 g/mol. The molecular weight excluding hydrogens is 452 g/mol. The molecule has 0 atom stereocenters. The van der Waals surface area contributed by atoms with E-state index in [1.54, 1.807) is 37.2 Å². The van der Waals surface area contributed by atoms with Gasteiger partial charge in [-0.1, -0.05) is 6.92 Å². The van der Waals surface area contributed by atoms with Crippen LogP contribution in [0.5, 0.6) is 0 Å². The van der Waals surface area contributed by atoms with Gasteiger partial charge in [0, 0.05) is 70.4 Å². The molecule has 9 nitrogen and oxygen atoms in total. The van der Waals surface area contributed by atoms with Gasteiger partial charge in [0.25, 0.3) is 0 Å². The molecule has 6 aromatic heterocycles. The standard InChI is InChI=1S/C27H22N8O/c1-2-3-24(36)32-19-10-17(13-29-15-19)18-11-21-26(34-35-27(21)31-14-18)23-12-20-22(33-23)6-9-30-25(20)16-4-7-28-8-5-16/h4-15,33H,2-3H2,1H3,(H,32,36)(H,31,34,35). The summed E-state index contributed by atoms with van der Waals surface area (Å²) in [5.74, 6) is -0.0263. The highest BCUT2D eigenvalue weighted by molar-refractivity contribution is 6.00. The van der Waals surface area contributed by atoms with E-state index in [0.717, 1.165) is 56.5 Å². The fraction of sp³-hybridized carbons (Fsp3) is 0.111. The molecule has 0 aliphatic heterocycles. The Morgan fingerprint density at radius 2 is 1.72 bits per heavy atom. The van der Waals surface area contributed by atoms with E-state index in [1.165, 1.54) is 0 Å². The normalized spacial score (nSPS) is 11.2. The molecule has 0 radical (unpaired) electrons. The number of nitrogens with zero attached hydrogens (tertiary/aromatic N) is 5. The molecule has 0 fully saturated rings. The summed E-state index contributed by atoms with van der Waals surface area (Å²) in [4.78, 5) is 33.1. The molecule has 3 N–H and O–H groups in total. The quantitative estimate of drug-likeness (QED) is 0.298. The largest absolute Gasteiger partial charge is 0.353 e. The Morgan fingerprint density at radius 3 is 2.58 bits per heavy atom. The van der Waals surface area contributed by atoms with E-state index < -0.39 is 0 Å². The maximum atomic E-state index is 12.0. The van der Waals surface area contributed by atoms with Crippen molar-refractivity contribution in [2.45, 2.75) is 19.8 Å². The maximum Gasteiger partial charge on any atom is 0.224 e. The minimum Gasteiger partial charge on any atom is -0.353 e. The van der Waals surface area contributed by atoms with Crippen LogP contribution in [0.25, 0.3) is 55.7 Å². The number of pyridine rings is 4. The molecule has 0 aliphatic rings. The molecule has 0 aliphatic carbocycles. The van der Waals surface area contributed by atoms with Gasteiger partial charge in [-0.05, 0) is 42.8 Å². The summed E-state index contributed by atoms with van der Waals surface area (Å²) in [6.07, 6.45) is 11.7. The van der Waals surface area contributed by atoms with Crippen molar-refractivity contribution in [2.75, 3.05) is 5.32 Å². The summed E-state index contributed by atoms with van der Waals surface area (Å²) in [5, 5.41) is 12.4. The second kappa shape index (κ2) is 9.03. The van der Waals surface area contributed by atoms with Crippen molar-refractivity contribution in [1.29, 1.82) is 0 Å². The van der Waals surface area contributed by atoms with Crippen molar-refractivity contribution in [2.24, 2.45) is 0 Å². The van der Waals surface area contributed by atoms with E-state index in [2.05, 4.69) is 46.5 Å². The highest BCUT2D eigenvalue weighted by Crippen LogP contribution is 2.33. The Balaban J connectivity index is 1.40. The van der Waals surface area contributed by atoms with Crippen LogP contribution in [0.2, 0.25) is 0 Å². The predicted molar refractivity (Wildman–Crippen MR) is 139 cm³/mol. The lowest BCUT2D eigenvalue weighted by atomic mass is 10.1. The van der Waals surface area contributed by atoms with E-state index in [1.807, 2.05) is 37.3 Å². The molecule has 6 aromatic rings. The molecule has 0 unspecified atom stereocenters. The van der Waals surface area contributed by atoms with Crippen molar-refractivity contribution in [1.82, 2.24) is 35.1 Å². The first kappa shape index (κ1) is 21.6. The second-order valence-electron chi connectivity index (χ2n) is 8.49. The van der Waals surface area contributed by atoms with Gasteiger partial charge in [-0.3, -0.25) is 24.8 Å². The van der Waals surface area contributed by atoms with Gasteiger partial charge in [0.2, 0.25) is 5.91 Å². The summed E-state index contributed by atoms with van der Waals surface area (Å²) >= 11 is 0. The van der Waals surface area contributed by atoms with Crippen molar-refractivity contribution < 1.29 is 4.79 Å². The summed E-state index contributed by atoms with van der Waals surface area (Å²) in [7, 11) is 0. The number of carbonyl (C=O) groups is 1. The number of aromatic amines is 2. The van der Waals surface area contributed by atoms with Crippen LogP contribution in [0.15, 0.2) is 73.6 Å². The molecule has 0 aromatic carbocycles. The molecular formula is C27H22N8O. The van der Waals surface area contributed by atoms with Crippen LogP contribution in [0.4, 0.5) is 5.69 Å². The van der Waals surface area contributed by atoms with E-state index in [9.17, 15) is 4.79 Å². The number of anilines is 1. The highest BCUT2D eigenvalue weighted by Gasteiger charge is 2.16. The third-order valence-corrected chi connectivity index (χ3v) is 6.01. The van der Waals surface area contributed by atoms with Crippen LogP contribution >= 0.6 is 0 Å². The van der Waals surface area contributed by atoms with Crippen molar-refractivity contribution in [3.63, 3.8) is 0 Å². The summed E-state index contributed by atoms with van der Waals surface area (Å²) in [5.41, 5.74) is 7.52. The molecule has 0 bridgehead atoms. The monoisotopic (exact) mass is 474 g/mol. The average Bonchev–Trinajstić information content (AvgIpc) is 3.53. The van der Waals surface area contributed by atoms with E-state index in [4.69, 9.17) is 0 Å². The number of H-pyrrole nitrogens is 2. The lowest BCUT2D eigenvalue weighted by Crippen LogP contribution is -2.10. The Hall–Kier alpha value is -4.92. The van der Waals surface area contributed by atoms with Crippen LogP contribution in [0.3, 0.4) is 0 Å². The zero-order valence-electron chi connectivity index (χ0n) is 19.5. The maximum absolute atomic E-state index is 12.0. The van der Waals surface area contributed by atoms with Crippen molar-refractivity contribution >= 4 is 33.5 Å². The molecule has 36 heavy (non-hydrogen) atoms. The minimum atomic E-state index is -0.0263. The first-order chi connectivity index (χ1) is 17.7. The summed E-state index contributed by atoms with van der Waals surface area (Å²) < 4.78 is 0. The number of amides is 1. The zero-order chi connectivity index (χ0) is 24.5. The number of fused-ring (bicyclic) bond motifs is 2. The van der Waals surface area contributed by atoms with Gasteiger partial charge in [0.15, 0.2) is 5.65 Å². The predicted octanol–water partition coefficient (Wildman–Crippen LogP) is 5.36. The second-order valence-corrected chi connectivity index (χ2v) is 8.49. The Bertz CT molecular complexity index is 1700. The number of hydrogen-bond donors (Lipinski definition) is 3. The number of aromatic nitrogens is 7. The van der Waals surface area contributed by atoms with E-state index >= 15 is 0 Å². The number of rotatable bonds is 6. The van der Waals surface area contributed by atoms with Crippen LogP contribution in [-0.2, 0) is 4.79 Å². The SMILES string of the molecule is CCCC(=O)Nc1cncc(-c2cnc3[nH]nc(-c4cc5c(-c6ccncc6)nccc5[nH]4)c3c2)c1. The molecule has 6 heterocycles.